The Balaban J connectivity index is 2.19. The topological polar surface area (TPSA) is 73.2 Å². The van der Waals surface area contributed by atoms with E-state index >= 15 is 0 Å². The predicted molar refractivity (Wildman–Crippen MR) is 110 cm³/mol. The second kappa shape index (κ2) is 10.5. The SMILES string of the molecule is CC[C@@H](C)NC(=O)CSc1nc2ccccc2c(=O)n1CCCOC(C)C. The number of nitrogens with zero attached hydrogens (tertiary/aromatic N) is 2. The predicted octanol–water partition coefficient (Wildman–Crippen LogP) is 3.22. The van der Waals surface area contributed by atoms with E-state index in [0.717, 1.165) is 6.42 Å². The number of amides is 1. The van der Waals surface area contributed by atoms with Crippen LogP contribution >= 0.6 is 11.8 Å². The fourth-order valence-corrected chi connectivity index (χ4v) is 3.38. The zero-order valence-electron chi connectivity index (χ0n) is 16.5. The Kier molecular flexibility index (Phi) is 8.31. The number of para-hydroxylation sites is 1. The van der Waals surface area contributed by atoms with Gasteiger partial charge in [-0.05, 0) is 45.7 Å². The van der Waals surface area contributed by atoms with E-state index in [-0.39, 0.29) is 29.4 Å². The van der Waals surface area contributed by atoms with Gasteiger partial charge in [0.15, 0.2) is 5.16 Å². The van der Waals surface area contributed by atoms with Gasteiger partial charge in [-0.25, -0.2) is 4.98 Å². The molecular weight excluding hydrogens is 362 g/mol. The first kappa shape index (κ1) is 21.4. The molecule has 0 saturated heterocycles. The van der Waals surface area contributed by atoms with Crippen LogP contribution in [0.4, 0.5) is 0 Å². The lowest BCUT2D eigenvalue weighted by Crippen LogP contribution is -2.33. The van der Waals surface area contributed by atoms with E-state index in [0.29, 0.717) is 35.6 Å². The Morgan fingerprint density at radius 1 is 1.30 bits per heavy atom. The molecule has 0 unspecified atom stereocenters. The van der Waals surface area contributed by atoms with Crippen LogP contribution in [-0.2, 0) is 16.1 Å². The van der Waals surface area contributed by atoms with E-state index in [1.54, 1.807) is 10.6 Å². The number of thioether (sulfide) groups is 1. The summed E-state index contributed by atoms with van der Waals surface area (Å²) in [5.41, 5.74) is 0.581. The lowest BCUT2D eigenvalue weighted by atomic mass is 10.2. The average molecular weight is 392 g/mol. The van der Waals surface area contributed by atoms with Gasteiger partial charge in [0.05, 0.1) is 22.8 Å². The van der Waals surface area contributed by atoms with Crippen molar-refractivity contribution in [3.8, 4) is 0 Å². The minimum atomic E-state index is -0.0741. The highest BCUT2D eigenvalue weighted by molar-refractivity contribution is 7.99. The smallest absolute Gasteiger partial charge is 0.262 e. The fourth-order valence-electron chi connectivity index (χ4n) is 2.55. The van der Waals surface area contributed by atoms with Gasteiger partial charge in [-0.2, -0.15) is 0 Å². The maximum atomic E-state index is 12.9. The molecule has 0 aliphatic heterocycles. The maximum absolute atomic E-state index is 12.9. The van der Waals surface area contributed by atoms with Gasteiger partial charge >= 0.3 is 0 Å². The third-order valence-electron chi connectivity index (χ3n) is 4.16. The molecule has 1 aromatic heterocycles. The number of carbonyl (C=O) groups excluding carboxylic acids is 1. The molecule has 1 atom stereocenters. The fraction of sp³-hybridized carbons (Fsp3) is 0.550. The molecule has 0 saturated carbocycles. The molecule has 7 heteroatoms. The van der Waals surface area contributed by atoms with E-state index in [1.807, 2.05) is 45.9 Å². The number of aromatic nitrogens is 2. The van der Waals surface area contributed by atoms with Crippen molar-refractivity contribution < 1.29 is 9.53 Å². The molecule has 148 valence electrons. The average Bonchev–Trinajstić information content (AvgIpc) is 2.64. The molecule has 27 heavy (non-hydrogen) atoms. The number of benzene rings is 1. The molecule has 1 N–H and O–H groups in total. The number of fused-ring (bicyclic) bond motifs is 1. The number of hydrogen-bond donors (Lipinski definition) is 1. The summed E-state index contributed by atoms with van der Waals surface area (Å²) in [4.78, 5) is 29.7. The largest absolute Gasteiger partial charge is 0.379 e. The number of rotatable bonds is 10. The molecule has 0 fully saturated rings. The van der Waals surface area contributed by atoms with Crippen molar-refractivity contribution in [2.75, 3.05) is 12.4 Å². The van der Waals surface area contributed by atoms with Crippen molar-refractivity contribution in [2.24, 2.45) is 0 Å². The Morgan fingerprint density at radius 3 is 2.74 bits per heavy atom. The normalized spacial score (nSPS) is 12.5. The van der Waals surface area contributed by atoms with Crippen LogP contribution < -0.4 is 10.9 Å². The van der Waals surface area contributed by atoms with Crippen molar-refractivity contribution in [1.29, 1.82) is 0 Å². The number of nitrogens with one attached hydrogen (secondary N) is 1. The number of ether oxygens (including phenoxy) is 1. The minimum absolute atomic E-state index is 0.0496. The Morgan fingerprint density at radius 2 is 2.04 bits per heavy atom. The first-order valence-electron chi connectivity index (χ1n) is 9.45. The second-order valence-electron chi connectivity index (χ2n) is 6.81. The van der Waals surface area contributed by atoms with Crippen LogP contribution in [-0.4, -0.2) is 40.0 Å². The molecule has 2 rings (SSSR count). The van der Waals surface area contributed by atoms with E-state index in [4.69, 9.17) is 4.74 Å². The molecule has 0 bridgehead atoms. The van der Waals surface area contributed by atoms with E-state index in [9.17, 15) is 9.59 Å². The lowest BCUT2D eigenvalue weighted by molar-refractivity contribution is -0.119. The zero-order valence-corrected chi connectivity index (χ0v) is 17.3. The summed E-state index contributed by atoms with van der Waals surface area (Å²) < 4.78 is 7.24. The highest BCUT2D eigenvalue weighted by Gasteiger charge is 2.14. The van der Waals surface area contributed by atoms with E-state index in [1.165, 1.54) is 11.8 Å². The summed E-state index contributed by atoms with van der Waals surface area (Å²) in [5, 5.41) is 4.11. The van der Waals surface area contributed by atoms with Crippen molar-refractivity contribution in [3.63, 3.8) is 0 Å². The van der Waals surface area contributed by atoms with E-state index < -0.39 is 0 Å². The summed E-state index contributed by atoms with van der Waals surface area (Å²) in [6.45, 7) is 9.07. The Hall–Kier alpha value is -1.86. The van der Waals surface area contributed by atoms with Crippen LogP contribution in [0, 0.1) is 0 Å². The monoisotopic (exact) mass is 391 g/mol. The van der Waals surface area contributed by atoms with Crippen molar-refractivity contribution >= 4 is 28.6 Å². The molecule has 0 spiro atoms. The second-order valence-corrected chi connectivity index (χ2v) is 7.75. The Labute approximate surface area is 164 Å². The van der Waals surface area contributed by atoms with Gasteiger partial charge in [0.25, 0.3) is 5.56 Å². The molecule has 1 heterocycles. The summed E-state index contributed by atoms with van der Waals surface area (Å²) in [7, 11) is 0. The van der Waals surface area contributed by atoms with Gasteiger partial charge in [0, 0.05) is 19.2 Å². The van der Waals surface area contributed by atoms with Crippen LogP contribution in [0.25, 0.3) is 10.9 Å². The molecule has 1 aromatic carbocycles. The zero-order chi connectivity index (χ0) is 19.8. The van der Waals surface area contributed by atoms with Crippen LogP contribution in [0.3, 0.4) is 0 Å². The third kappa shape index (κ3) is 6.36. The highest BCUT2D eigenvalue weighted by Crippen LogP contribution is 2.18. The maximum Gasteiger partial charge on any atom is 0.262 e. The third-order valence-corrected chi connectivity index (χ3v) is 5.13. The van der Waals surface area contributed by atoms with Gasteiger partial charge in [-0.3, -0.25) is 14.2 Å². The minimum Gasteiger partial charge on any atom is -0.379 e. The van der Waals surface area contributed by atoms with Gasteiger partial charge in [0.1, 0.15) is 0 Å². The molecule has 0 radical (unpaired) electrons. The van der Waals surface area contributed by atoms with Crippen molar-refractivity contribution in [2.45, 2.75) is 64.4 Å². The van der Waals surface area contributed by atoms with Gasteiger partial charge in [-0.1, -0.05) is 30.8 Å². The van der Waals surface area contributed by atoms with Gasteiger partial charge in [0.2, 0.25) is 5.91 Å². The summed E-state index contributed by atoms with van der Waals surface area (Å²) in [6.07, 6.45) is 1.75. The quantitative estimate of drug-likeness (QED) is 0.382. The van der Waals surface area contributed by atoms with Crippen LogP contribution in [0.1, 0.15) is 40.5 Å². The van der Waals surface area contributed by atoms with Crippen molar-refractivity contribution in [1.82, 2.24) is 14.9 Å². The summed E-state index contributed by atoms with van der Waals surface area (Å²) in [6, 6.07) is 7.45. The van der Waals surface area contributed by atoms with Crippen LogP contribution in [0.2, 0.25) is 0 Å². The Bertz CT molecular complexity index is 820. The first-order valence-corrected chi connectivity index (χ1v) is 10.4. The highest BCUT2D eigenvalue weighted by atomic mass is 32.2. The lowest BCUT2D eigenvalue weighted by Gasteiger charge is -2.15. The number of hydrogen-bond acceptors (Lipinski definition) is 5. The summed E-state index contributed by atoms with van der Waals surface area (Å²) in [5.74, 6) is 0.184. The van der Waals surface area contributed by atoms with Crippen LogP contribution in [0.5, 0.6) is 0 Å². The number of carbonyl (C=O) groups is 1. The van der Waals surface area contributed by atoms with Crippen molar-refractivity contribution in [3.05, 3.63) is 34.6 Å². The van der Waals surface area contributed by atoms with Gasteiger partial charge in [-0.15, -0.1) is 0 Å². The molecule has 0 aliphatic carbocycles. The summed E-state index contributed by atoms with van der Waals surface area (Å²) >= 11 is 1.30. The first-order chi connectivity index (χ1) is 12.9. The standard InChI is InChI=1S/C20H29N3O3S/c1-5-15(4)21-18(24)13-27-20-22-17-10-7-6-9-16(17)19(25)23(20)11-8-12-26-14(2)3/h6-7,9-10,14-15H,5,8,11-13H2,1-4H3,(H,21,24)/t15-/m1/s1. The van der Waals surface area contributed by atoms with E-state index in [2.05, 4.69) is 10.3 Å². The molecule has 2 aromatic rings. The van der Waals surface area contributed by atoms with Crippen LogP contribution in [0.15, 0.2) is 34.2 Å². The molecular formula is C20H29N3O3S. The molecule has 6 nitrogen and oxygen atoms in total. The van der Waals surface area contributed by atoms with Gasteiger partial charge < -0.3 is 10.1 Å². The molecule has 0 aliphatic rings. The molecule has 1 amide bonds.